The van der Waals surface area contributed by atoms with E-state index in [9.17, 15) is 4.79 Å². The Morgan fingerprint density at radius 1 is 1.00 bits per heavy atom. The molecule has 0 saturated carbocycles. The number of fused-ring (bicyclic) bond motifs is 1. The van der Waals surface area contributed by atoms with Crippen LogP contribution < -0.4 is 10.2 Å². The van der Waals surface area contributed by atoms with Gasteiger partial charge in [-0.2, -0.15) is 5.10 Å². The molecule has 4 aromatic rings. The molecule has 4 rings (SSSR count). The molecule has 1 amide bonds. The van der Waals surface area contributed by atoms with E-state index < -0.39 is 0 Å². The average molecular weight is 383 g/mol. The van der Waals surface area contributed by atoms with Gasteiger partial charge < -0.3 is 9.30 Å². The quantitative estimate of drug-likeness (QED) is 0.398. The van der Waals surface area contributed by atoms with Crippen LogP contribution in [0, 0.1) is 0 Å². The maximum absolute atomic E-state index is 12.2. The monoisotopic (exact) mass is 383 g/mol. The van der Waals surface area contributed by atoms with Crippen LogP contribution in [-0.2, 0) is 11.2 Å². The molecule has 29 heavy (non-hydrogen) atoms. The second-order valence-corrected chi connectivity index (χ2v) is 6.66. The molecule has 0 spiro atoms. The van der Waals surface area contributed by atoms with Gasteiger partial charge in [0.05, 0.1) is 25.4 Å². The average Bonchev–Trinajstić information content (AvgIpc) is 3.22. The molecule has 1 heterocycles. The highest BCUT2D eigenvalue weighted by Crippen LogP contribution is 2.19. The van der Waals surface area contributed by atoms with Crippen LogP contribution in [0.15, 0.2) is 90.2 Å². The fourth-order valence-electron chi connectivity index (χ4n) is 3.24. The van der Waals surface area contributed by atoms with Crippen molar-refractivity contribution < 1.29 is 9.53 Å². The van der Waals surface area contributed by atoms with Crippen LogP contribution in [-0.4, -0.2) is 23.8 Å². The standard InChI is InChI=1S/C24H21N3O2/c1-29-23-10-4-6-18(14-23)15-24(28)26-25-17-22-9-5-13-27(22)21-12-11-19-7-2-3-8-20(19)16-21/h2-14,16-17H,15H2,1H3,(H,26,28)/b25-17-. The van der Waals surface area contributed by atoms with Crippen LogP contribution in [0.5, 0.6) is 5.75 Å². The lowest BCUT2D eigenvalue weighted by molar-refractivity contribution is -0.120. The minimum absolute atomic E-state index is 0.182. The zero-order valence-electron chi connectivity index (χ0n) is 16.1. The lowest BCUT2D eigenvalue weighted by atomic mass is 10.1. The number of amides is 1. The third-order valence-electron chi connectivity index (χ3n) is 4.68. The molecule has 0 atom stereocenters. The summed E-state index contributed by atoms with van der Waals surface area (Å²) in [5, 5.41) is 6.50. The van der Waals surface area contributed by atoms with Crippen molar-refractivity contribution in [1.82, 2.24) is 9.99 Å². The van der Waals surface area contributed by atoms with Crippen LogP contribution in [0.2, 0.25) is 0 Å². The van der Waals surface area contributed by atoms with E-state index in [0.717, 1.165) is 22.7 Å². The second-order valence-electron chi connectivity index (χ2n) is 6.66. The molecule has 0 aliphatic carbocycles. The van der Waals surface area contributed by atoms with Crippen molar-refractivity contribution in [3.63, 3.8) is 0 Å². The normalized spacial score (nSPS) is 11.1. The van der Waals surface area contributed by atoms with Crippen molar-refractivity contribution in [2.75, 3.05) is 7.11 Å². The Morgan fingerprint density at radius 3 is 2.72 bits per heavy atom. The summed E-state index contributed by atoms with van der Waals surface area (Å²) in [6, 6.07) is 25.9. The van der Waals surface area contributed by atoms with Gasteiger partial charge in [-0.05, 0) is 52.7 Å². The summed E-state index contributed by atoms with van der Waals surface area (Å²) in [6.07, 6.45) is 3.86. The molecule has 0 unspecified atom stereocenters. The topological polar surface area (TPSA) is 55.6 Å². The Kier molecular flexibility index (Phi) is 5.38. The fourth-order valence-corrected chi connectivity index (χ4v) is 3.24. The number of rotatable bonds is 6. The molecule has 144 valence electrons. The van der Waals surface area contributed by atoms with Gasteiger partial charge in [-0.1, -0.05) is 42.5 Å². The summed E-state index contributed by atoms with van der Waals surface area (Å²) in [4.78, 5) is 12.2. The van der Waals surface area contributed by atoms with E-state index in [2.05, 4.69) is 40.9 Å². The van der Waals surface area contributed by atoms with Gasteiger partial charge in [0.2, 0.25) is 5.91 Å². The molecule has 1 N–H and O–H groups in total. The minimum Gasteiger partial charge on any atom is -0.497 e. The van der Waals surface area contributed by atoms with Crippen molar-refractivity contribution in [2.24, 2.45) is 5.10 Å². The summed E-state index contributed by atoms with van der Waals surface area (Å²) < 4.78 is 7.22. The Labute approximate surface area is 169 Å². The first-order valence-corrected chi connectivity index (χ1v) is 9.34. The van der Waals surface area contributed by atoms with Crippen molar-refractivity contribution in [1.29, 1.82) is 0 Å². The number of hydrazone groups is 1. The van der Waals surface area contributed by atoms with Crippen molar-refractivity contribution >= 4 is 22.9 Å². The van der Waals surface area contributed by atoms with Gasteiger partial charge in [-0.15, -0.1) is 0 Å². The molecule has 0 saturated heterocycles. The van der Waals surface area contributed by atoms with Gasteiger partial charge >= 0.3 is 0 Å². The van der Waals surface area contributed by atoms with Gasteiger partial charge in [0.1, 0.15) is 5.75 Å². The largest absolute Gasteiger partial charge is 0.497 e. The lowest BCUT2D eigenvalue weighted by Gasteiger charge is -2.08. The maximum Gasteiger partial charge on any atom is 0.244 e. The zero-order chi connectivity index (χ0) is 20.1. The molecule has 1 aromatic heterocycles. The summed E-state index contributed by atoms with van der Waals surface area (Å²) in [7, 11) is 1.61. The molecule has 3 aromatic carbocycles. The van der Waals surface area contributed by atoms with Crippen LogP contribution in [0.1, 0.15) is 11.3 Å². The molecule has 5 heteroatoms. The third-order valence-corrected chi connectivity index (χ3v) is 4.68. The van der Waals surface area contributed by atoms with Crippen LogP contribution >= 0.6 is 0 Å². The molecule has 0 bridgehead atoms. The van der Waals surface area contributed by atoms with Gasteiger partial charge in [-0.25, -0.2) is 5.43 Å². The van der Waals surface area contributed by atoms with E-state index in [-0.39, 0.29) is 12.3 Å². The van der Waals surface area contributed by atoms with E-state index in [0.29, 0.717) is 0 Å². The summed E-state index contributed by atoms with van der Waals surface area (Å²) in [5.74, 6) is 0.547. The van der Waals surface area contributed by atoms with E-state index in [1.165, 1.54) is 10.8 Å². The molecule has 0 aliphatic rings. The highest BCUT2D eigenvalue weighted by Gasteiger charge is 2.05. The predicted molar refractivity (Wildman–Crippen MR) is 116 cm³/mol. The van der Waals surface area contributed by atoms with Crippen LogP contribution in [0.3, 0.4) is 0 Å². The first kappa shape index (κ1) is 18.5. The number of hydrogen-bond acceptors (Lipinski definition) is 3. The first-order chi connectivity index (χ1) is 14.2. The number of benzene rings is 3. The van der Waals surface area contributed by atoms with E-state index in [4.69, 9.17) is 4.74 Å². The smallest absolute Gasteiger partial charge is 0.244 e. The van der Waals surface area contributed by atoms with E-state index in [1.807, 2.05) is 59.3 Å². The van der Waals surface area contributed by atoms with Gasteiger partial charge in [0.25, 0.3) is 0 Å². The van der Waals surface area contributed by atoms with Crippen LogP contribution in [0.4, 0.5) is 0 Å². The van der Waals surface area contributed by atoms with E-state index in [1.54, 1.807) is 13.3 Å². The molecule has 0 aliphatic heterocycles. The Bertz CT molecular complexity index is 1180. The summed E-state index contributed by atoms with van der Waals surface area (Å²) >= 11 is 0. The summed E-state index contributed by atoms with van der Waals surface area (Å²) in [5.41, 5.74) is 5.38. The molecule has 5 nitrogen and oxygen atoms in total. The number of ether oxygens (including phenoxy) is 1. The number of aromatic nitrogens is 1. The predicted octanol–water partition coefficient (Wildman–Crippen LogP) is 4.33. The van der Waals surface area contributed by atoms with Crippen molar-refractivity contribution in [2.45, 2.75) is 6.42 Å². The number of methoxy groups -OCH3 is 1. The van der Waals surface area contributed by atoms with Gasteiger partial charge in [-0.3, -0.25) is 4.79 Å². The summed E-state index contributed by atoms with van der Waals surface area (Å²) in [6.45, 7) is 0. The molecular weight excluding hydrogens is 362 g/mol. The Hall–Kier alpha value is -3.86. The Morgan fingerprint density at radius 2 is 1.86 bits per heavy atom. The van der Waals surface area contributed by atoms with Gasteiger partial charge in [0.15, 0.2) is 0 Å². The Balaban J connectivity index is 1.45. The number of hydrogen-bond donors (Lipinski definition) is 1. The molecule has 0 radical (unpaired) electrons. The molecule has 0 fully saturated rings. The fraction of sp³-hybridized carbons (Fsp3) is 0.0833. The number of nitrogens with one attached hydrogen (secondary N) is 1. The zero-order valence-corrected chi connectivity index (χ0v) is 16.1. The number of carbonyl (C=O) groups excluding carboxylic acids is 1. The second kappa shape index (κ2) is 8.44. The molecular formula is C24H21N3O2. The lowest BCUT2D eigenvalue weighted by Crippen LogP contribution is -2.20. The number of nitrogens with zero attached hydrogens (tertiary/aromatic N) is 2. The highest BCUT2D eigenvalue weighted by atomic mass is 16.5. The number of carbonyl (C=O) groups is 1. The SMILES string of the molecule is COc1cccc(CC(=O)N/N=C\c2cccn2-c2ccc3ccccc3c2)c1. The minimum atomic E-state index is -0.182. The van der Waals surface area contributed by atoms with Crippen LogP contribution in [0.25, 0.3) is 16.5 Å². The maximum atomic E-state index is 12.2. The van der Waals surface area contributed by atoms with Crippen molar-refractivity contribution in [3.8, 4) is 11.4 Å². The van der Waals surface area contributed by atoms with Gasteiger partial charge in [0, 0.05) is 11.9 Å². The third kappa shape index (κ3) is 4.35. The van der Waals surface area contributed by atoms with E-state index >= 15 is 0 Å². The highest BCUT2D eigenvalue weighted by molar-refractivity contribution is 5.86. The van der Waals surface area contributed by atoms with Crippen molar-refractivity contribution in [3.05, 3.63) is 96.3 Å². The first-order valence-electron chi connectivity index (χ1n) is 9.34.